The normalized spacial score (nSPS) is 17.6. The van der Waals surface area contributed by atoms with E-state index in [1.54, 1.807) is 0 Å². The Labute approximate surface area is 492 Å². The second kappa shape index (κ2) is 23.7. The number of anilines is 6. The Hall–Kier alpha value is -8.80. The molecule has 0 aromatic heterocycles. The summed E-state index contributed by atoms with van der Waals surface area (Å²) in [5.41, 5.74) is -3.25. The maximum atomic E-state index is 13.7. The van der Waals surface area contributed by atoms with Crippen LogP contribution in [0, 0.1) is 0 Å². The lowest BCUT2D eigenvalue weighted by molar-refractivity contribution is 0.0527. The molecule has 0 unspecified atom stereocenters. The molecule has 9 aromatic rings. The van der Waals surface area contributed by atoms with Gasteiger partial charge < -0.3 is 46.0 Å². The monoisotopic (exact) mass is 1140 g/mol. The van der Waals surface area contributed by atoms with Gasteiger partial charge in [0.25, 0.3) is 32.6 Å². The molecule has 16 heteroatoms. The molecule has 0 spiro atoms. The molecular formula is C69H69N7O9. The van der Waals surface area contributed by atoms with Crippen molar-refractivity contribution < 1.29 is 15.3 Å². The van der Waals surface area contributed by atoms with E-state index in [2.05, 4.69) is 16.0 Å². The molecule has 16 nitrogen and oxygen atoms in total. The van der Waals surface area contributed by atoms with Crippen LogP contribution >= 0.6 is 0 Å². The highest BCUT2D eigenvalue weighted by Crippen LogP contribution is 2.46. The molecule has 9 aromatic carbocycles. The molecule has 3 saturated heterocycles. The van der Waals surface area contributed by atoms with Crippen molar-refractivity contribution in [2.75, 3.05) is 89.6 Å². The first-order valence-electron chi connectivity index (χ1n) is 29.6. The van der Waals surface area contributed by atoms with Crippen molar-refractivity contribution in [3.63, 3.8) is 0 Å². The third-order valence-electron chi connectivity index (χ3n) is 18.2. The minimum absolute atomic E-state index is 0.163. The molecule has 0 saturated carbocycles. The van der Waals surface area contributed by atoms with Gasteiger partial charge in [0.1, 0.15) is 50.9 Å². The van der Waals surface area contributed by atoms with Crippen molar-refractivity contribution in [1.29, 1.82) is 0 Å². The maximum absolute atomic E-state index is 13.7. The van der Waals surface area contributed by atoms with Crippen molar-refractivity contribution >= 4 is 34.1 Å². The molecule has 434 valence electrons. The number of aliphatic hydroxyl groups is 3. The minimum atomic E-state index is -1.52. The molecule has 0 aliphatic carbocycles. The summed E-state index contributed by atoms with van der Waals surface area (Å²) in [5, 5.41) is 48.4. The first-order valence-corrected chi connectivity index (χ1v) is 29.6. The van der Waals surface area contributed by atoms with Crippen LogP contribution in [0.1, 0.15) is 71.9 Å². The van der Waals surface area contributed by atoms with Crippen molar-refractivity contribution in [2.45, 2.75) is 73.5 Å². The Kier molecular flexibility index (Phi) is 15.8. The Morgan fingerprint density at radius 1 is 0.341 bits per heavy atom. The summed E-state index contributed by atoms with van der Waals surface area (Å²) in [6.45, 7) is 2.79. The third-order valence-corrected chi connectivity index (χ3v) is 18.2. The van der Waals surface area contributed by atoms with Crippen molar-refractivity contribution in [2.24, 2.45) is 0 Å². The lowest BCUT2D eigenvalue weighted by atomic mass is 9.79. The number of hydrogen-bond acceptors (Lipinski definition) is 16. The molecule has 85 heavy (non-hydrogen) atoms. The van der Waals surface area contributed by atoms with Gasteiger partial charge in [0.2, 0.25) is 0 Å². The summed E-state index contributed by atoms with van der Waals surface area (Å²) in [6.07, 6.45) is 3.71. The molecular weight excluding hydrogens is 1070 g/mol. The lowest BCUT2D eigenvalue weighted by Gasteiger charge is -2.41. The van der Waals surface area contributed by atoms with Gasteiger partial charge in [-0.25, -0.2) is 0 Å². The highest BCUT2D eigenvalue weighted by molar-refractivity contribution is 5.78. The molecule has 12 rings (SSSR count). The number of rotatable bonds is 24. The zero-order chi connectivity index (χ0) is 58.9. The van der Waals surface area contributed by atoms with Crippen molar-refractivity contribution in [1.82, 2.24) is 4.90 Å². The van der Waals surface area contributed by atoms with Crippen LogP contribution in [0.2, 0.25) is 0 Å². The average Bonchev–Trinajstić information content (AvgIpc) is 2.09. The van der Waals surface area contributed by atoms with E-state index in [9.17, 15) is 44.1 Å². The highest BCUT2D eigenvalue weighted by Gasteiger charge is 2.51. The van der Waals surface area contributed by atoms with Gasteiger partial charge >= 0.3 is 0 Å². The van der Waals surface area contributed by atoms with Gasteiger partial charge in [-0.15, -0.1) is 0 Å². The standard InChI is InChI=1S/C69H69N7O9/c77-61-55(58(64(61)80)74-40-19-34-52(74)67(83,46-22-7-1-8-23-46)47-24-9-2-10-25-47)70-37-43-73(44-38-71-56-59(65(81)62(56)78)75-41-20-35-53(75)68(84,48-26-11-3-12-27-48)49-28-13-4-14-29-49)45-39-72-57-60(66(82)63(57)79)76-42-21-36-54(76)69(85,50-30-15-5-16-31-50)51-32-17-6-18-33-51/h1-18,22-33,52-54,70-72,83-85H,19-21,34-45H2/t52-,53-,54-/m0/s1. The summed E-state index contributed by atoms with van der Waals surface area (Å²) in [5.74, 6) is 0. The molecule has 3 aliphatic rings. The minimum Gasteiger partial charge on any atom is -0.379 e. The molecule has 0 amide bonds. The van der Waals surface area contributed by atoms with Gasteiger partial charge in [-0.2, -0.15) is 0 Å². The van der Waals surface area contributed by atoms with Crippen molar-refractivity contribution in [3.8, 4) is 0 Å². The van der Waals surface area contributed by atoms with Crippen LogP contribution < -0.4 is 63.2 Å². The third kappa shape index (κ3) is 9.95. The molecule has 3 atom stereocenters. The average molecular weight is 1140 g/mol. The topological polar surface area (TPSA) is 212 Å². The van der Waals surface area contributed by atoms with E-state index in [0.717, 1.165) is 0 Å². The van der Waals surface area contributed by atoms with E-state index < -0.39 is 67.5 Å². The molecule has 3 heterocycles. The number of nitrogens with one attached hydrogen (secondary N) is 3. The van der Waals surface area contributed by atoms with Crippen LogP contribution in [-0.4, -0.2) is 97.2 Å². The van der Waals surface area contributed by atoms with Gasteiger partial charge in [-0.3, -0.25) is 33.7 Å². The summed E-state index contributed by atoms with van der Waals surface area (Å²) in [4.78, 5) is 89.6. The highest BCUT2D eigenvalue weighted by atomic mass is 16.3. The van der Waals surface area contributed by atoms with Crippen LogP contribution in [-0.2, 0) is 16.8 Å². The van der Waals surface area contributed by atoms with Gasteiger partial charge in [-0.05, 0) is 71.9 Å². The van der Waals surface area contributed by atoms with Crippen LogP contribution in [0.5, 0.6) is 0 Å². The van der Waals surface area contributed by atoms with Crippen LogP contribution in [0.4, 0.5) is 34.1 Å². The number of hydrogen-bond donors (Lipinski definition) is 6. The summed E-state index contributed by atoms with van der Waals surface area (Å²) < 4.78 is 0. The lowest BCUT2D eigenvalue weighted by Crippen LogP contribution is -2.53. The number of nitrogens with zero attached hydrogens (tertiary/aromatic N) is 4. The van der Waals surface area contributed by atoms with Crippen LogP contribution in [0.15, 0.2) is 211 Å². The largest absolute Gasteiger partial charge is 0.379 e. The molecule has 3 fully saturated rings. The summed E-state index contributed by atoms with van der Waals surface area (Å²) in [7, 11) is 0. The van der Waals surface area contributed by atoms with Crippen molar-refractivity contribution in [3.05, 3.63) is 277 Å². The Balaban J connectivity index is 0.798. The maximum Gasteiger partial charge on any atom is 0.253 e. The Morgan fingerprint density at radius 2 is 0.553 bits per heavy atom. The van der Waals surface area contributed by atoms with Crippen LogP contribution in [0.3, 0.4) is 0 Å². The fraction of sp³-hybridized carbons (Fsp3) is 0.304. The molecule has 0 radical (unpaired) electrons. The second-order valence-electron chi connectivity index (χ2n) is 22.8. The smallest absolute Gasteiger partial charge is 0.253 e. The van der Waals surface area contributed by atoms with Gasteiger partial charge in [0.05, 0.1) is 18.1 Å². The fourth-order valence-electron chi connectivity index (χ4n) is 14.0. The van der Waals surface area contributed by atoms with Gasteiger partial charge in [0, 0.05) is 58.9 Å². The van der Waals surface area contributed by atoms with E-state index in [0.29, 0.717) is 111 Å². The van der Waals surface area contributed by atoms with E-state index in [1.165, 1.54) is 0 Å². The quantitative estimate of drug-likeness (QED) is 0.0376. The fourth-order valence-corrected chi connectivity index (χ4v) is 14.0. The van der Waals surface area contributed by atoms with E-state index in [1.807, 2.05) is 202 Å². The zero-order valence-electron chi connectivity index (χ0n) is 47.2. The first kappa shape index (κ1) is 56.7. The predicted molar refractivity (Wildman–Crippen MR) is 335 cm³/mol. The first-order chi connectivity index (χ1) is 41.4. The van der Waals surface area contributed by atoms with E-state index in [4.69, 9.17) is 0 Å². The van der Waals surface area contributed by atoms with E-state index >= 15 is 0 Å². The summed E-state index contributed by atoms with van der Waals surface area (Å²) in [6, 6.07) is 54.5. The predicted octanol–water partition coefficient (Wildman–Crippen LogP) is 6.13. The molecule has 0 bridgehead atoms. The van der Waals surface area contributed by atoms with Gasteiger partial charge in [-0.1, -0.05) is 182 Å². The van der Waals surface area contributed by atoms with Gasteiger partial charge in [0.15, 0.2) is 0 Å². The zero-order valence-corrected chi connectivity index (χ0v) is 47.2. The molecule has 6 N–H and O–H groups in total. The van der Waals surface area contributed by atoms with E-state index in [-0.39, 0.29) is 53.8 Å². The molecule has 3 aliphatic heterocycles. The second-order valence-corrected chi connectivity index (χ2v) is 22.8. The number of benzene rings is 6. The SMILES string of the molecule is O=c1c(NCCN(CCNc2c(N3CCC[C@H]3C(O)(c3ccccc3)c3ccccc3)c(=O)c2=O)CCNc2c(N3CCC[C@H]3C(O)(c3ccccc3)c3ccccc3)c(=O)c2=O)c(N2CCC[C@H]2C(O)(c2ccccc2)c2ccccc2)c1=O. The Morgan fingerprint density at radius 3 is 0.765 bits per heavy atom. The summed E-state index contributed by atoms with van der Waals surface area (Å²) >= 11 is 0. The van der Waals surface area contributed by atoms with Crippen LogP contribution in [0.25, 0.3) is 0 Å². The Bertz CT molecular complexity index is 3460.